The number of rotatable bonds is 23. The summed E-state index contributed by atoms with van der Waals surface area (Å²) in [6.07, 6.45) is 21.3. The minimum absolute atomic E-state index is 0.111. The fourth-order valence-corrected chi connectivity index (χ4v) is 2.86. The van der Waals surface area contributed by atoms with Crippen LogP contribution in [0.5, 0.6) is 0 Å². The van der Waals surface area contributed by atoms with E-state index in [1.54, 1.807) is 0 Å². The van der Waals surface area contributed by atoms with Gasteiger partial charge in [-0.05, 0) is 32.1 Å². The second-order valence-corrected chi connectivity index (χ2v) is 7.33. The van der Waals surface area contributed by atoms with E-state index in [2.05, 4.69) is 29.4 Å². The fraction of sp³-hybridized carbons (Fsp3) is 0.909. The molecule has 0 aliphatic rings. The Kier molecular flexibility index (Phi) is 24.1. The Morgan fingerprint density at radius 3 is 1.86 bits per heavy atom. The molecule has 0 amide bonds. The Morgan fingerprint density at radius 1 is 0.714 bits per heavy atom. The number of hydrogen-bond acceptors (Lipinski definition) is 6. The topological polar surface area (TPSA) is 80.2 Å². The number of aliphatic hydroxyl groups excluding tert-OH is 1. The number of aliphatic hydroxyl groups is 2. The lowest BCUT2D eigenvalue weighted by Gasteiger charge is -2.06. The second kappa shape index (κ2) is 24.5. The van der Waals surface area contributed by atoms with E-state index in [4.69, 9.17) is 20.0 Å². The standard InChI is InChI=1S/C22H45NO5/c1-2-3-4-5-6-7-8-9-10-11-12-13-14-15-16-17-19-26-28-27-20-18-23-21-22(24)25/h9-10,22-25H,2-8,11-21H2,1H3/b10-9-. The van der Waals surface area contributed by atoms with Crippen molar-refractivity contribution in [2.24, 2.45) is 0 Å². The van der Waals surface area contributed by atoms with Crippen LogP contribution in [0.1, 0.15) is 96.8 Å². The zero-order valence-electron chi connectivity index (χ0n) is 18.1. The van der Waals surface area contributed by atoms with E-state index in [0.717, 1.165) is 12.8 Å². The highest BCUT2D eigenvalue weighted by atomic mass is 17.5. The van der Waals surface area contributed by atoms with Crippen molar-refractivity contribution in [3.05, 3.63) is 12.2 Å². The Morgan fingerprint density at radius 2 is 1.25 bits per heavy atom. The molecule has 6 heteroatoms. The van der Waals surface area contributed by atoms with Crippen molar-refractivity contribution >= 4 is 0 Å². The third-order valence-corrected chi connectivity index (χ3v) is 4.52. The molecule has 0 aromatic rings. The summed E-state index contributed by atoms with van der Waals surface area (Å²) >= 11 is 0. The monoisotopic (exact) mass is 403 g/mol. The fourth-order valence-electron chi connectivity index (χ4n) is 2.86. The van der Waals surface area contributed by atoms with Gasteiger partial charge in [-0.3, -0.25) is 0 Å². The molecule has 6 nitrogen and oxygen atoms in total. The largest absolute Gasteiger partial charge is 0.367 e. The highest BCUT2D eigenvalue weighted by molar-refractivity contribution is 4.81. The van der Waals surface area contributed by atoms with Crippen LogP contribution in [0.2, 0.25) is 0 Å². The number of allylic oxidation sites excluding steroid dienone is 2. The molecule has 0 radical (unpaired) electrons. The smallest absolute Gasteiger partial charge is 0.164 e. The van der Waals surface area contributed by atoms with Crippen molar-refractivity contribution in [2.75, 3.05) is 26.3 Å². The SMILES string of the molecule is CCCCCCCC/C=C\CCCCCCCCOOOCCNCC(O)O. The van der Waals surface area contributed by atoms with Crippen LogP contribution < -0.4 is 5.32 Å². The van der Waals surface area contributed by atoms with Gasteiger partial charge in [0.1, 0.15) is 0 Å². The maximum atomic E-state index is 8.62. The van der Waals surface area contributed by atoms with E-state index >= 15 is 0 Å². The molecule has 168 valence electrons. The molecule has 0 aromatic carbocycles. The Labute approximate surface area is 172 Å². The Bertz CT molecular complexity index is 313. The van der Waals surface area contributed by atoms with E-state index in [1.165, 1.54) is 77.0 Å². The van der Waals surface area contributed by atoms with E-state index in [-0.39, 0.29) is 6.54 Å². The first-order chi connectivity index (χ1) is 13.8. The van der Waals surface area contributed by atoms with Crippen molar-refractivity contribution < 1.29 is 25.0 Å². The third kappa shape index (κ3) is 25.5. The van der Waals surface area contributed by atoms with Crippen LogP contribution in [0.4, 0.5) is 0 Å². The molecule has 0 saturated heterocycles. The molecule has 0 atom stereocenters. The zero-order chi connectivity index (χ0) is 20.5. The van der Waals surface area contributed by atoms with Gasteiger partial charge in [-0.15, -0.1) is 0 Å². The van der Waals surface area contributed by atoms with E-state index in [9.17, 15) is 0 Å². The minimum atomic E-state index is -1.34. The van der Waals surface area contributed by atoms with Crippen LogP contribution in [0.25, 0.3) is 0 Å². The van der Waals surface area contributed by atoms with Crippen molar-refractivity contribution in [3.8, 4) is 0 Å². The van der Waals surface area contributed by atoms with Gasteiger partial charge in [0.15, 0.2) is 6.29 Å². The molecule has 0 heterocycles. The van der Waals surface area contributed by atoms with Gasteiger partial charge in [-0.1, -0.05) is 81.9 Å². The Balaban J connectivity index is 3.05. The van der Waals surface area contributed by atoms with Gasteiger partial charge >= 0.3 is 0 Å². The van der Waals surface area contributed by atoms with E-state index in [0.29, 0.717) is 19.8 Å². The predicted octanol–water partition coefficient (Wildman–Crippen LogP) is 4.80. The van der Waals surface area contributed by atoms with Crippen LogP contribution in [0, 0.1) is 0 Å². The molecule has 0 spiro atoms. The van der Waals surface area contributed by atoms with Gasteiger partial charge in [-0.2, -0.15) is 0 Å². The van der Waals surface area contributed by atoms with Gasteiger partial charge < -0.3 is 15.5 Å². The lowest BCUT2D eigenvalue weighted by molar-refractivity contribution is -0.511. The molecular formula is C22H45NO5. The Hall–Kier alpha value is -0.500. The highest BCUT2D eigenvalue weighted by Crippen LogP contribution is 2.10. The minimum Gasteiger partial charge on any atom is -0.367 e. The normalized spacial score (nSPS) is 11.9. The molecule has 0 aliphatic carbocycles. The van der Waals surface area contributed by atoms with Gasteiger partial charge in [0.25, 0.3) is 0 Å². The summed E-state index contributed by atoms with van der Waals surface area (Å²) < 4.78 is 0. The number of hydrogen-bond donors (Lipinski definition) is 3. The summed E-state index contributed by atoms with van der Waals surface area (Å²) in [4.78, 5) is 9.71. The van der Waals surface area contributed by atoms with E-state index in [1.807, 2.05) is 0 Å². The summed E-state index contributed by atoms with van der Waals surface area (Å²) in [5, 5.41) is 24.6. The molecule has 0 aromatic heterocycles. The van der Waals surface area contributed by atoms with Crippen LogP contribution in [-0.2, 0) is 14.8 Å². The highest BCUT2D eigenvalue weighted by Gasteiger charge is 1.96. The summed E-state index contributed by atoms with van der Waals surface area (Å²) in [5.74, 6) is 0. The summed E-state index contributed by atoms with van der Waals surface area (Å²) in [5.41, 5.74) is 0. The van der Waals surface area contributed by atoms with Crippen LogP contribution in [-0.4, -0.2) is 42.8 Å². The first-order valence-electron chi connectivity index (χ1n) is 11.4. The average molecular weight is 404 g/mol. The molecule has 0 bridgehead atoms. The van der Waals surface area contributed by atoms with Crippen molar-refractivity contribution in [1.29, 1.82) is 0 Å². The summed E-state index contributed by atoms with van der Waals surface area (Å²) in [6.45, 7) is 3.67. The zero-order valence-corrected chi connectivity index (χ0v) is 18.1. The van der Waals surface area contributed by atoms with Gasteiger partial charge in [0, 0.05) is 13.1 Å². The molecule has 0 aliphatic heterocycles. The first kappa shape index (κ1) is 27.5. The summed E-state index contributed by atoms with van der Waals surface area (Å²) in [6, 6.07) is 0. The average Bonchev–Trinajstić information content (AvgIpc) is 2.68. The van der Waals surface area contributed by atoms with Gasteiger partial charge in [-0.25, -0.2) is 9.78 Å². The van der Waals surface area contributed by atoms with E-state index < -0.39 is 6.29 Å². The molecular weight excluding hydrogens is 358 g/mol. The lowest BCUT2D eigenvalue weighted by atomic mass is 10.1. The molecule has 0 fully saturated rings. The molecule has 0 rings (SSSR count). The third-order valence-electron chi connectivity index (χ3n) is 4.52. The van der Waals surface area contributed by atoms with Gasteiger partial charge in [0.2, 0.25) is 0 Å². The van der Waals surface area contributed by atoms with Crippen LogP contribution in [0.3, 0.4) is 0 Å². The maximum Gasteiger partial charge on any atom is 0.164 e. The molecule has 28 heavy (non-hydrogen) atoms. The van der Waals surface area contributed by atoms with Crippen molar-refractivity contribution in [2.45, 2.75) is 103 Å². The maximum absolute atomic E-state index is 8.62. The lowest BCUT2D eigenvalue weighted by Crippen LogP contribution is -2.29. The van der Waals surface area contributed by atoms with Crippen molar-refractivity contribution in [1.82, 2.24) is 5.32 Å². The molecule has 0 unspecified atom stereocenters. The molecule has 3 N–H and O–H groups in total. The molecule has 0 saturated carbocycles. The first-order valence-corrected chi connectivity index (χ1v) is 11.4. The summed E-state index contributed by atoms with van der Waals surface area (Å²) in [7, 11) is 0. The second-order valence-electron chi connectivity index (χ2n) is 7.33. The van der Waals surface area contributed by atoms with Gasteiger partial charge in [0.05, 0.1) is 13.2 Å². The number of nitrogens with one attached hydrogen (secondary N) is 1. The van der Waals surface area contributed by atoms with Crippen LogP contribution >= 0.6 is 0 Å². The number of unbranched alkanes of at least 4 members (excludes halogenated alkanes) is 12. The predicted molar refractivity (Wildman–Crippen MR) is 114 cm³/mol. The van der Waals surface area contributed by atoms with Crippen LogP contribution in [0.15, 0.2) is 12.2 Å². The quantitative estimate of drug-likeness (QED) is 0.0747. The van der Waals surface area contributed by atoms with Crippen molar-refractivity contribution in [3.63, 3.8) is 0 Å².